The Labute approximate surface area is 141 Å². The Hall–Kier alpha value is -0.510. The van der Waals surface area contributed by atoms with Gasteiger partial charge in [0.15, 0.2) is 0 Å². The summed E-state index contributed by atoms with van der Waals surface area (Å²) in [5.41, 5.74) is 3.54. The average Bonchev–Trinajstić information content (AvgIpc) is 2.46. The van der Waals surface area contributed by atoms with Gasteiger partial charge in [0.1, 0.15) is 12.4 Å². The molecule has 20 heavy (non-hydrogen) atoms. The second-order valence-electron chi connectivity index (χ2n) is 4.48. The van der Waals surface area contributed by atoms with Crippen molar-refractivity contribution >= 4 is 43.5 Å². The van der Waals surface area contributed by atoms with Gasteiger partial charge in [-0.3, -0.25) is 0 Å². The smallest absolute Gasteiger partial charge is 0.148 e. The van der Waals surface area contributed by atoms with Crippen molar-refractivity contribution in [2.45, 2.75) is 25.8 Å². The number of ether oxygens (including phenoxy) is 1. The summed E-state index contributed by atoms with van der Waals surface area (Å²) in [6.07, 6.45) is 1.05. The highest BCUT2D eigenvalue weighted by molar-refractivity contribution is 9.11. The number of alkyl halides is 1. The minimum Gasteiger partial charge on any atom is -0.487 e. The molecular formula is C16H15Br2ClO. The zero-order chi connectivity index (χ0) is 14.5. The van der Waals surface area contributed by atoms with Crippen LogP contribution in [-0.2, 0) is 18.9 Å². The predicted octanol–water partition coefficient (Wildman–Crippen LogP) is 6.09. The van der Waals surface area contributed by atoms with Gasteiger partial charge in [0.25, 0.3) is 0 Å². The van der Waals surface area contributed by atoms with Gasteiger partial charge in [0, 0.05) is 5.88 Å². The van der Waals surface area contributed by atoms with Crippen LogP contribution in [0.2, 0.25) is 0 Å². The minimum atomic E-state index is 0.482. The fraction of sp³-hybridized carbons (Fsp3) is 0.250. The van der Waals surface area contributed by atoms with Crippen molar-refractivity contribution in [3.05, 3.63) is 62.0 Å². The van der Waals surface area contributed by atoms with Crippen LogP contribution < -0.4 is 4.74 Å². The molecule has 0 aliphatic carbocycles. The molecule has 0 aromatic heterocycles. The number of rotatable bonds is 5. The van der Waals surface area contributed by atoms with E-state index in [0.29, 0.717) is 12.5 Å². The lowest BCUT2D eigenvalue weighted by molar-refractivity contribution is 0.302. The summed E-state index contributed by atoms with van der Waals surface area (Å²) in [7, 11) is 0. The van der Waals surface area contributed by atoms with E-state index in [1.807, 2.05) is 12.1 Å². The van der Waals surface area contributed by atoms with Gasteiger partial charge in [-0.05, 0) is 67.1 Å². The zero-order valence-electron chi connectivity index (χ0n) is 11.1. The summed E-state index contributed by atoms with van der Waals surface area (Å²) in [5, 5.41) is 0. The molecule has 2 aromatic carbocycles. The maximum Gasteiger partial charge on any atom is 0.148 e. The number of hydrogen-bond donors (Lipinski definition) is 0. The van der Waals surface area contributed by atoms with Gasteiger partial charge in [-0.2, -0.15) is 0 Å². The summed E-state index contributed by atoms with van der Waals surface area (Å²) >= 11 is 12.9. The van der Waals surface area contributed by atoms with Crippen molar-refractivity contribution in [3.8, 4) is 5.75 Å². The monoisotopic (exact) mass is 416 g/mol. The number of aryl methyl sites for hydroxylation is 1. The molecule has 106 valence electrons. The summed E-state index contributed by atoms with van der Waals surface area (Å²) in [4.78, 5) is 0. The van der Waals surface area contributed by atoms with Crippen molar-refractivity contribution in [1.29, 1.82) is 0 Å². The largest absolute Gasteiger partial charge is 0.487 e. The highest BCUT2D eigenvalue weighted by Crippen LogP contribution is 2.35. The second kappa shape index (κ2) is 7.48. The van der Waals surface area contributed by atoms with Gasteiger partial charge in [-0.15, -0.1) is 11.6 Å². The van der Waals surface area contributed by atoms with Crippen LogP contribution in [0.4, 0.5) is 0 Å². The molecule has 0 aliphatic rings. The van der Waals surface area contributed by atoms with Crippen LogP contribution >= 0.6 is 43.5 Å². The fourth-order valence-electron chi connectivity index (χ4n) is 1.85. The van der Waals surface area contributed by atoms with E-state index in [2.05, 4.69) is 63.0 Å². The predicted molar refractivity (Wildman–Crippen MR) is 91.6 cm³/mol. The molecule has 0 saturated carbocycles. The van der Waals surface area contributed by atoms with Crippen LogP contribution in [0.1, 0.15) is 23.6 Å². The highest BCUT2D eigenvalue weighted by atomic mass is 79.9. The van der Waals surface area contributed by atoms with E-state index in [9.17, 15) is 0 Å². The molecule has 0 N–H and O–H groups in total. The average molecular weight is 419 g/mol. The Bertz CT molecular complexity index is 559. The van der Waals surface area contributed by atoms with Crippen molar-refractivity contribution in [2.75, 3.05) is 0 Å². The molecule has 1 nitrogen and oxygen atoms in total. The Morgan fingerprint density at radius 1 is 0.950 bits per heavy atom. The Balaban J connectivity index is 2.10. The van der Waals surface area contributed by atoms with E-state index >= 15 is 0 Å². The molecule has 0 radical (unpaired) electrons. The van der Waals surface area contributed by atoms with Crippen LogP contribution in [0.5, 0.6) is 5.75 Å². The third-order valence-electron chi connectivity index (χ3n) is 3.03. The lowest BCUT2D eigenvalue weighted by Gasteiger charge is -2.12. The van der Waals surface area contributed by atoms with Crippen molar-refractivity contribution in [1.82, 2.24) is 0 Å². The molecule has 0 bridgehead atoms. The van der Waals surface area contributed by atoms with Crippen LogP contribution in [0.3, 0.4) is 0 Å². The fourth-order valence-corrected chi connectivity index (χ4v) is 3.52. The van der Waals surface area contributed by atoms with Gasteiger partial charge in [0.2, 0.25) is 0 Å². The molecule has 0 spiro atoms. The molecule has 0 fully saturated rings. The minimum absolute atomic E-state index is 0.482. The van der Waals surface area contributed by atoms with Crippen LogP contribution in [-0.4, -0.2) is 0 Å². The van der Waals surface area contributed by atoms with Crippen LogP contribution in [0, 0.1) is 0 Å². The Kier molecular flexibility index (Phi) is 5.94. The standard InChI is InChI=1S/C16H15Br2ClO/c1-2-11-3-5-12(6-4-11)10-20-16-14(17)7-13(9-19)8-15(16)18/h3-8H,2,9-10H2,1H3. The number of benzene rings is 2. The molecule has 2 aromatic rings. The first-order valence-electron chi connectivity index (χ1n) is 6.38. The van der Waals surface area contributed by atoms with Gasteiger partial charge in [-0.25, -0.2) is 0 Å². The summed E-state index contributed by atoms with van der Waals surface area (Å²) in [5.74, 6) is 1.29. The summed E-state index contributed by atoms with van der Waals surface area (Å²) < 4.78 is 7.71. The van der Waals surface area contributed by atoms with Crippen LogP contribution in [0.25, 0.3) is 0 Å². The van der Waals surface area contributed by atoms with Gasteiger partial charge in [0.05, 0.1) is 8.95 Å². The molecule has 2 rings (SSSR count). The molecular weight excluding hydrogens is 403 g/mol. The zero-order valence-corrected chi connectivity index (χ0v) is 15.1. The van der Waals surface area contributed by atoms with E-state index in [4.69, 9.17) is 16.3 Å². The SMILES string of the molecule is CCc1ccc(COc2c(Br)cc(CCl)cc2Br)cc1. The first-order valence-corrected chi connectivity index (χ1v) is 8.50. The van der Waals surface area contributed by atoms with Crippen molar-refractivity contribution in [3.63, 3.8) is 0 Å². The number of halogens is 3. The lowest BCUT2D eigenvalue weighted by atomic mass is 10.1. The maximum absolute atomic E-state index is 5.89. The van der Waals surface area contributed by atoms with Crippen molar-refractivity contribution < 1.29 is 4.74 Å². The first-order chi connectivity index (χ1) is 9.63. The maximum atomic E-state index is 5.89. The lowest BCUT2D eigenvalue weighted by Crippen LogP contribution is -1.98. The third kappa shape index (κ3) is 4.00. The molecule has 4 heteroatoms. The molecule has 0 heterocycles. The molecule has 0 amide bonds. The summed E-state index contributed by atoms with van der Waals surface area (Å²) in [6, 6.07) is 12.4. The van der Waals surface area contributed by atoms with E-state index in [1.54, 1.807) is 0 Å². The van der Waals surface area contributed by atoms with Gasteiger partial charge < -0.3 is 4.74 Å². The van der Waals surface area contributed by atoms with Gasteiger partial charge in [-0.1, -0.05) is 31.2 Å². The quantitative estimate of drug-likeness (QED) is 0.534. The van der Waals surface area contributed by atoms with E-state index in [0.717, 1.165) is 32.2 Å². The second-order valence-corrected chi connectivity index (χ2v) is 6.46. The van der Waals surface area contributed by atoms with Gasteiger partial charge >= 0.3 is 0 Å². The number of hydrogen-bond acceptors (Lipinski definition) is 1. The van der Waals surface area contributed by atoms with E-state index in [1.165, 1.54) is 5.56 Å². The first kappa shape index (κ1) is 15.9. The third-order valence-corrected chi connectivity index (χ3v) is 4.51. The topological polar surface area (TPSA) is 9.23 Å². The highest BCUT2D eigenvalue weighted by Gasteiger charge is 2.09. The van der Waals surface area contributed by atoms with E-state index < -0.39 is 0 Å². The Morgan fingerprint density at radius 3 is 2.00 bits per heavy atom. The molecule has 0 aliphatic heterocycles. The normalized spacial score (nSPS) is 10.6. The van der Waals surface area contributed by atoms with E-state index in [-0.39, 0.29) is 0 Å². The van der Waals surface area contributed by atoms with Crippen LogP contribution in [0.15, 0.2) is 45.3 Å². The summed E-state index contributed by atoms with van der Waals surface area (Å²) in [6.45, 7) is 2.69. The molecule has 0 saturated heterocycles. The Morgan fingerprint density at radius 2 is 1.50 bits per heavy atom. The molecule has 0 unspecified atom stereocenters. The van der Waals surface area contributed by atoms with Crippen molar-refractivity contribution in [2.24, 2.45) is 0 Å². The molecule has 0 atom stereocenters.